The molecule has 1 saturated heterocycles. The van der Waals surface area contributed by atoms with Crippen LogP contribution in [-0.4, -0.2) is 35.9 Å². The molecule has 1 aliphatic rings. The third-order valence-corrected chi connectivity index (χ3v) is 6.16. The van der Waals surface area contributed by atoms with Gasteiger partial charge in [0.05, 0.1) is 25.8 Å². The van der Waals surface area contributed by atoms with Crippen LogP contribution in [0.2, 0.25) is 5.02 Å². The molecule has 7 nitrogen and oxygen atoms in total. The van der Waals surface area contributed by atoms with E-state index in [1.807, 2.05) is 17.5 Å². The summed E-state index contributed by atoms with van der Waals surface area (Å²) in [6.45, 7) is 0.238. The maximum absolute atomic E-state index is 13.3. The zero-order valence-corrected chi connectivity index (χ0v) is 18.7. The van der Waals surface area contributed by atoms with Gasteiger partial charge >= 0.3 is 6.03 Å². The standard InChI is InChI=1S/C23H20ClN3O4S/c1-31-18-5-2-4-17(12-18)27-22(29)20(26(23(27)30)14-19-6-3-11-32-19)13-21(28)25-16-9-7-15(24)8-10-16/h2-12,20H,13-14H2,1H3,(H,25,28)/t20-/m1/s1. The van der Waals surface area contributed by atoms with Gasteiger partial charge in [-0.15, -0.1) is 11.3 Å². The minimum absolute atomic E-state index is 0.168. The minimum atomic E-state index is -0.928. The molecule has 32 heavy (non-hydrogen) atoms. The van der Waals surface area contributed by atoms with Crippen LogP contribution >= 0.6 is 22.9 Å². The molecule has 0 radical (unpaired) electrons. The lowest BCUT2D eigenvalue weighted by atomic mass is 10.1. The Kier molecular flexibility index (Phi) is 6.43. The first-order chi connectivity index (χ1) is 15.5. The highest BCUT2D eigenvalue weighted by atomic mass is 35.5. The summed E-state index contributed by atoms with van der Waals surface area (Å²) in [6, 6.07) is 15.8. The number of carbonyl (C=O) groups excluding carboxylic acids is 3. The summed E-state index contributed by atoms with van der Waals surface area (Å²) in [7, 11) is 1.51. The highest BCUT2D eigenvalue weighted by molar-refractivity contribution is 7.09. The molecule has 0 aliphatic carbocycles. The lowest BCUT2D eigenvalue weighted by Crippen LogP contribution is -2.37. The van der Waals surface area contributed by atoms with Crippen LogP contribution in [0.25, 0.3) is 0 Å². The number of nitrogens with one attached hydrogen (secondary N) is 1. The fourth-order valence-corrected chi connectivity index (χ4v) is 4.32. The van der Waals surface area contributed by atoms with E-state index in [2.05, 4.69) is 5.32 Å². The van der Waals surface area contributed by atoms with Gasteiger partial charge in [-0.2, -0.15) is 0 Å². The lowest BCUT2D eigenvalue weighted by molar-refractivity contribution is -0.124. The SMILES string of the molecule is COc1cccc(N2C(=O)[C@@H](CC(=O)Nc3ccc(Cl)cc3)N(Cc3cccs3)C2=O)c1. The van der Waals surface area contributed by atoms with Crippen molar-refractivity contribution in [1.29, 1.82) is 0 Å². The van der Waals surface area contributed by atoms with Gasteiger partial charge in [-0.1, -0.05) is 23.7 Å². The number of halogens is 1. The van der Waals surface area contributed by atoms with Gasteiger partial charge in [0.25, 0.3) is 5.91 Å². The van der Waals surface area contributed by atoms with Crippen LogP contribution in [0.15, 0.2) is 66.0 Å². The van der Waals surface area contributed by atoms with E-state index in [-0.39, 0.29) is 18.9 Å². The van der Waals surface area contributed by atoms with Gasteiger partial charge in [0.15, 0.2) is 0 Å². The highest BCUT2D eigenvalue weighted by Crippen LogP contribution is 2.31. The molecule has 0 unspecified atom stereocenters. The molecule has 0 spiro atoms. The minimum Gasteiger partial charge on any atom is -0.497 e. The summed E-state index contributed by atoms with van der Waals surface area (Å²) >= 11 is 7.37. The number of hydrogen-bond acceptors (Lipinski definition) is 5. The highest BCUT2D eigenvalue weighted by Gasteiger charge is 2.46. The molecule has 1 N–H and O–H groups in total. The van der Waals surface area contributed by atoms with Crippen LogP contribution < -0.4 is 15.0 Å². The number of thiophene rings is 1. The number of anilines is 2. The van der Waals surface area contributed by atoms with Gasteiger partial charge in [-0.3, -0.25) is 9.59 Å². The Balaban J connectivity index is 1.59. The molecule has 0 bridgehead atoms. The Bertz CT molecular complexity index is 1130. The molecular weight excluding hydrogens is 450 g/mol. The number of hydrogen-bond donors (Lipinski definition) is 1. The summed E-state index contributed by atoms with van der Waals surface area (Å²) in [5.74, 6) is -0.301. The number of urea groups is 1. The molecule has 4 amide bonds. The van der Waals surface area contributed by atoms with E-state index in [4.69, 9.17) is 16.3 Å². The third-order valence-electron chi connectivity index (χ3n) is 5.04. The maximum Gasteiger partial charge on any atom is 0.332 e. The fraction of sp³-hybridized carbons (Fsp3) is 0.174. The molecule has 2 heterocycles. The molecule has 0 saturated carbocycles. The Morgan fingerprint density at radius 1 is 1.12 bits per heavy atom. The van der Waals surface area contributed by atoms with Crippen LogP contribution in [0.4, 0.5) is 16.2 Å². The van der Waals surface area contributed by atoms with Crippen LogP contribution in [0.1, 0.15) is 11.3 Å². The average Bonchev–Trinajstić information content (AvgIpc) is 3.38. The Morgan fingerprint density at radius 3 is 2.59 bits per heavy atom. The van der Waals surface area contributed by atoms with Gasteiger partial charge in [-0.25, -0.2) is 9.69 Å². The quantitative estimate of drug-likeness (QED) is 0.505. The summed E-state index contributed by atoms with van der Waals surface area (Å²) < 4.78 is 5.23. The number of methoxy groups -OCH3 is 1. The molecule has 2 aromatic carbocycles. The third kappa shape index (κ3) is 4.61. The van der Waals surface area contributed by atoms with E-state index in [1.54, 1.807) is 48.5 Å². The molecule has 1 aromatic heterocycles. The Labute approximate surface area is 194 Å². The van der Waals surface area contributed by atoms with Gasteiger partial charge < -0.3 is 15.0 Å². The molecule has 164 valence electrons. The van der Waals surface area contributed by atoms with Gasteiger partial charge in [-0.05, 0) is 47.8 Å². The van der Waals surface area contributed by atoms with E-state index in [0.717, 1.165) is 9.78 Å². The van der Waals surface area contributed by atoms with Crippen LogP contribution in [0.3, 0.4) is 0 Å². The maximum atomic E-state index is 13.3. The lowest BCUT2D eigenvalue weighted by Gasteiger charge is -2.21. The zero-order valence-electron chi connectivity index (χ0n) is 17.2. The second-order valence-electron chi connectivity index (χ2n) is 7.14. The van der Waals surface area contributed by atoms with Crippen molar-refractivity contribution in [2.45, 2.75) is 19.0 Å². The first-order valence-electron chi connectivity index (χ1n) is 9.82. The summed E-state index contributed by atoms with van der Waals surface area (Å²) in [5.41, 5.74) is 0.960. The second-order valence-corrected chi connectivity index (χ2v) is 8.61. The van der Waals surface area contributed by atoms with E-state index < -0.39 is 18.0 Å². The average molecular weight is 470 g/mol. The van der Waals surface area contributed by atoms with E-state index in [9.17, 15) is 14.4 Å². The van der Waals surface area contributed by atoms with Crippen molar-refractivity contribution in [3.8, 4) is 5.75 Å². The van der Waals surface area contributed by atoms with Crippen molar-refractivity contribution in [3.63, 3.8) is 0 Å². The predicted molar refractivity (Wildman–Crippen MR) is 124 cm³/mol. The fourth-order valence-electron chi connectivity index (χ4n) is 3.49. The predicted octanol–water partition coefficient (Wildman–Crippen LogP) is 4.78. The van der Waals surface area contributed by atoms with Gasteiger partial charge in [0.2, 0.25) is 5.91 Å². The number of amides is 4. The van der Waals surface area contributed by atoms with Crippen molar-refractivity contribution in [1.82, 2.24) is 4.90 Å². The molecule has 1 fully saturated rings. The molecule has 3 aromatic rings. The van der Waals surface area contributed by atoms with Crippen LogP contribution in [0.5, 0.6) is 5.75 Å². The van der Waals surface area contributed by atoms with Crippen LogP contribution in [-0.2, 0) is 16.1 Å². The second kappa shape index (κ2) is 9.42. The number of carbonyl (C=O) groups is 3. The van der Waals surface area contributed by atoms with Crippen molar-refractivity contribution in [3.05, 3.63) is 75.9 Å². The van der Waals surface area contributed by atoms with Gasteiger partial charge in [0.1, 0.15) is 11.8 Å². The largest absolute Gasteiger partial charge is 0.497 e. The Morgan fingerprint density at radius 2 is 1.91 bits per heavy atom. The van der Waals surface area contributed by atoms with E-state index in [0.29, 0.717) is 22.1 Å². The summed E-state index contributed by atoms with van der Waals surface area (Å²) in [4.78, 5) is 42.8. The van der Waals surface area contributed by atoms with Crippen molar-refractivity contribution in [2.75, 3.05) is 17.3 Å². The summed E-state index contributed by atoms with van der Waals surface area (Å²) in [6.07, 6.45) is -0.168. The van der Waals surface area contributed by atoms with Crippen LogP contribution in [0, 0.1) is 0 Å². The molecule has 1 aliphatic heterocycles. The Hall–Kier alpha value is -3.36. The molecule has 4 rings (SSSR count). The molecule has 9 heteroatoms. The number of imide groups is 1. The van der Waals surface area contributed by atoms with Crippen molar-refractivity contribution >= 4 is 52.2 Å². The topological polar surface area (TPSA) is 79.0 Å². The van der Waals surface area contributed by atoms with Crippen molar-refractivity contribution < 1.29 is 19.1 Å². The first-order valence-corrected chi connectivity index (χ1v) is 11.1. The first kappa shape index (κ1) is 21.9. The van der Waals surface area contributed by atoms with E-state index >= 15 is 0 Å². The smallest absolute Gasteiger partial charge is 0.332 e. The number of benzene rings is 2. The number of nitrogens with zero attached hydrogens (tertiary/aromatic N) is 2. The number of rotatable bonds is 7. The number of ether oxygens (including phenoxy) is 1. The normalized spacial score (nSPS) is 15.9. The monoisotopic (exact) mass is 469 g/mol. The van der Waals surface area contributed by atoms with E-state index in [1.165, 1.54) is 23.3 Å². The van der Waals surface area contributed by atoms with Gasteiger partial charge in [0, 0.05) is 21.7 Å². The summed E-state index contributed by atoms with van der Waals surface area (Å²) in [5, 5.41) is 5.21. The zero-order chi connectivity index (χ0) is 22.7. The van der Waals surface area contributed by atoms with Crippen molar-refractivity contribution in [2.24, 2.45) is 0 Å². The molecular formula is C23H20ClN3O4S. The molecule has 1 atom stereocenters.